The number of rotatable bonds is 0. The second-order valence-corrected chi connectivity index (χ2v) is 2.27. The molecule has 0 aromatic heterocycles. The molecule has 4 heteroatoms. The van der Waals surface area contributed by atoms with Crippen molar-refractivity contribution in [1.82, 2.24) is 10.2 Å². The fourth-order valence-electron chi connectivity index (χ4n) is 0.963. The van der Waals surface area contributed by atoms with E-state index in [2.05, 4.69) is 5.32 Å². The van der Waals surface area contributed by atoms with Gasteiger partial charge in [0.05, 0.1) is 0 Å². The Morgan fingerprint density at radius 1 is 1.91 bits per heavy atom. The smallest absolute Gasteiger partial charge is 0.224 e. The fourth-order valence-corrected chi connectivity index (χ4v) is 0.963. The van der Waals surface area contributed by atoms with Crippen LogP contribution in [0.15, 0.2) is 11.9 Å². The largest absolute Gasteiger partial charge is 0.387 e. The van der Waals surface area contributed by atoms with Crippen molar-refractivity contribution < 1.29 is 4.79 Å². The Labute approximate surface area is 65.1 Å². The molecule has 11 heavy (non-hydrogen) atoms. The molecule has 0 radical (unpaired) electrons. The average Bonchev–Trinajstić information content (AvgIpc) is 2.04. The van der Waals surface area contributed by atoms with Gasteiger partial charge in [-0.25, -0.2) is 0 Å². The second-order valence-electron chi connectivity index (χ2n) is 2.27. The predicted octanol–water partition coefficient (Wildman–Crippen LogP) is -0.197. The molecule has 4 nitrogen and oxygen atoms in total. The molecule has 0 spiro atoms. The molecular formula is C7H9N3O. The third-order valence-corrected chi connectivity index (χ3v) is 1.50. The van der Waals surface area contributed by atoms with Crippen molar-refractivity contribution in [3.05, 3.63) is 11.9 Å². The molecule has 1 aliphatic heterocycles. The standard InChI is InChI=1S/C7H9N3O/c1-6(11)10-3-2-9-5-7(10)4-8/h5,9H,2-3H2,1H3. The Hall–Kier alpha value is -1.50. The predicted molar refractivity (Wildman–Crippen MR) is 39.1 cm³/mol. The van der Waals surface area contributed by atoms with Gasteiger partial charge in [0.2, 0.25) is 5.91 Å². The summed E-state index contributed by atoms with van der Waals surface area (Å²) in [6, 6.07) is 1.94. The van der Waals surface area contributed by atoms with E-state index < -0.39 is 0 Å². The van der Waals surface area contributed by atoms with Crippen LogP contribution in [-0.4, -0.2) is 23.9 Å². The minimum Gasteiger partial charge on any atom is -0.387 e. The highest BCUT2D eigenvalue weighted by Gasteiger charge is 2.15. The average molecular weight is 151 g/mol. The molecule has 0 unspecified atom stereocenters. The van der Waals surface area contributed by atoms with Crippen molar-refractivity contribution in [2.45, 2.75) is 6.92 Å². The number of nitrogens with one attached hydrogen (secondary N) is 1. The van der Waals surface area contributed by atoms with Crippen LogP contribution in [-0.2, 0) is 4.79 Å². The van der Waals surface area contributed by atoms with E-state index >= 15 is 0 Å². The van der Waals surface area contributed by atoms with Crippen LogP contribution in [0.25, 0.3) is 0 Å². The first-order chi connectivity index (χ1) is 5.25. The van der Waals surface area contributed by atoms with Gasteiger partial charge in [-0.3, -0.25) is 4.79 Å². The summed E-state index contributed by atoms with van der Waals surface area (Å²) >= 11 is 0. The highest BCUT2D eigenvalue weighted by atomic mass is 16.2. The highest BCUT2D eigenvalue weighted by Crippen LogP contribution is 2.04. The van der Waals surface area contributed by atoms with Gasteiger partial charge in [0.15, 0.2) is 0 Å². The molecular weight excluding hydrogens is 142 g/mol. The summed E-state index contributed by atoms with van der Waals surface area (Å²) in [6.07, 6.45) is 1.56. The molecule has 0 bridgehead atoms. The molecule has 0 aromatic rings. The first kappa shape index (κ1) is 7.61. The first-order valence-electron chi connectivity index (χ1n) is 3.37. The van der Waals surface area contributed by atoms with Crippen LogP contribution in [0.5, 0.6) is 0 Å². The highest BCUT2D eigenvalue weighted by molar-refractivity contribution is 5.76. The van der Waals surface area contributed by atoms with Gasteiger partial charge >= 0.3 is 0 Å². The summed E-state index contributed by atoms with van der Waals surface area (Å²) < 4.78 is 0. The monoisotopic (exact) mass is 151 g/mol. The molecule has 0 aliphatic carbocycles. The summed E-state index contributed by atoms with van der Waals surface area (Å²) in [5, 5.41) is 11.5. The van der Waals surface area contributed by atoms with Crippen LogP contribution < -0.4 is 5.32 Å². The second kappa shape index (κ2) is 3.06. The number of allylic oxidation sites excluding steroid dienone is 1. The molecule has 0 saturated heterocycles. The van der Waals surface area contributed by atoms with Crippen molar-refractivity contribution in [3.8, 4) is 6.07 Å². The topological polar surface area (TPSA) is 56.1 Å². The van der Waals surface area contributed by atoms with Gasteiger partial charge in [-0.05, 0) is 0 Å². The van der Waals surface area contributed by atoms with E-state index in [1.807, 2.05) is 6.07 Å². The van der Waals surface area contributed by atoms with E-state index in [0.717, 1.165) is 0 Å². The zero-order chi connectivity index (χ0) is 8.27. The molecule has 1 rings (SSSR count). The zero-order valence-electron chi connectivity index (χ0n) is 6.29. The summed E-state index contributed by atoms with van der Waals surface area (Å²) in [4.78, 5) is 12.3. The summed E-state index contributed by atoms with van der Waals surface area (Å²) in [5.41, 5.74) is 0.392. The lowest BCUT2D eigenvalue weighted by Gasteiger charge is -2.23. The maximum absolute atomic E-state index is 10.9. The number of hydrogen-bond acceptors (Lipinski definition) is 3. The van der Waals surface area contributed by atoms with Gasteiger partial charge in [0.25, 0.3) is 0 Å². The number of nitrogens with zero attached hydrogens (tertiary/aromatic N) is 2. The molecule has 1 aliphatic rings. The first-order valence-corrected chi connectivity index (χ1v) is 3.37. The van der Waals surface area contributed by atoms with Gasteiger partial charge in [0.1, 0.15) is 11.8 Å². The van der Waals surface area contributed by atoms with Crippen molar-refractivity contribution in [2.24, 2.45) is 0 Å². The van der Waals surface area contributed by atoms with Gasteiger partial charge < -0.3 is 10.2 Å². The molecule has 0 aromatic carbocycles. The lowest BCUT2D eigenvalue weighted by molar-refractivity contribution is -0.126. The molecule has 0 fully saturated rings. The molecule has 1 heterocycles. The third kappa shape index (κ3) is 1.49. The van der Waals surface area contributed by atoms with Gasteiger partial charge in [-0.2, -0.15) is 5.26 Å². The van der Waals surface area contributed by atoms with Crippen molar-refractivity contribution in [1.29, 1.82) is 5.26 Å². The molecule has 1 amide bonds. The van der Waals surface area contributed by atoms with Crippen LogP contribution in [0.4, 0.5) is 0 Å². The Morgan fingerprint density at radius 3 is 3.09 bits per heavy atom. The van der Waals surface area contributed by atoms with E-state index in [-0.39, 0.29) is 5.91 Å². The van der Waals surface area contributed by atoms with E-state index in [4.69, 9.17) is 5.26 Å². The molecule has 58 valence electrons. The van der Waals surface area contributed by atoms with Crippen LogP contribution >= 0.6 is 0 Å². The number of carbonyl (C=O) groups excluding carboxylic acids is 1. The van der Waals surface area contributed by atoms with Crippen LogP contribution in [0, 0.1) is 11.3 Å². The summed E-state index contributed by atoms with van der Waals surface area (Å²) in [6.45, 7) is 2.75. The number of amides is 1. The van der Waals surface area contributed by atoms with E-state index in [1.165, 1.54) is 11.8 Å². The minimum atomic E-state index is -0.0840. The SMILES string of the molecule is CC(=O)N1CCNC=C1C#N. The lowest BCUT2D eigenvalue weighted by Crippen LogP contribution is -2.38. The Balaban J connectivity index is 2.80. The number of carbonyl (C=O) groups is 1. The normalized spacial score (nSPS) is 16.4. The quantitative estimate of drug-likeness (QED) is 0.521. The van der Waals surface area contributed by atoms with E-state index in [0.29, 0.717) is 18.8 Å². The van der Waals surface area contributed by atoms with Crippen molar-refractivity contribution in [3.63, 3.8) is 0 Å². The Bertz CT molecular complexity index is 239. The van der Waals surface area contributed by atoms with Crippen molar-refractivity contribution >= 4 is 5.91 Å². The van der Waals surface area contributed by atoms with Crippen LogP contribution in [0.3, 0.4) is 0 Å². The fraction of sp³-hybridized carbons (Fsp3) is 0.429. The maximum atomic E-state index is 10.9. The number of nitriles is 1. The van der Waals surface area contributed by atoms with Gasteiger partial charge in [0, 0.05) is 26.2 Å². The third-order valence-electron chi connectivity index (χ3n) is 1.50. The van der Waals surface area contributed by atoms with Gasteiger partial charge in [-0.1, -0.05) is 0 Å². The lowest BCUT2D eigenvalue weighted by atomic mass is 10.3. The Kier molecular flexibility index (Phi) is 2.12. The van der Waals surface area contributed by atoms with Crippen molar-refractivity contribution in [2.75, 3.05) is 13.1 Å². The molecule has 1 N–H and O–H groups in total. The molecule has 0 atom stereocenters. The minimum absolute atomic E-state index is 0.0840. The van der Waals surface area contributed by atoms with E-state index in [1.54, 1.807) is 6.20 Å². The summed E-state index contributed by atoms with van der Waals surface area (Å²) in [7, 11) is 0. The molecule has 0 saturated carbocycles. The Morgan fingerprint density at radius 2 is 2.64 bits per heavy atom. The van der Waals surface area contributed by atoms with E-state index in [9.17, 15) is 4.79 Å². The zero-order valence-corrected chi connectivity index (χ0v) is 6.29. The van der Waals surface area contributed by atoms with Gasteiger partial charge in [-0.15, -0.1) is 0 Å². The maximum Gasteiger partial charge on any atom is 0.224 e. The number of hydrogen-bond donors (Lipinski definition) is 1. The summed E-state index contributed by atoms with van der Waals surface area (Å²) in [5.74, 6) is -0.0840. The van der Waals surface area contributed by atoms with Crippen LogP contribution in [0.2, 0.25) is 0 Å². The van der Waals surface area contributed by atoms with Crippen LogP contribution in [0.1, 0.15) is 6.92 Å².